The van der Waals surface area contributed by atoms with Gasteiger partial charge in [0.25, 0.3) is 0 Å². The number of hydrazine groups is 1. The van der Waals surface area contributed by atoms with E-state index in [1.165, 1.54) is 4.31 Å². The van der Waals surface area contributed by atoms with Crippen LogP contribution in [0, 0.1) is 0 Å². The maximum atomic E-state index is 12.5. The summed E-state index contributed by atoms with van der Waals surface area (Å²) >= 11 is 0. The number of nitrogens with one attached hydrogen (secondary N) is 1. The molecule has 0 radical (unpaired) electrons. The van der Waals surface area contributed by atoms with Gasteiger partial charge in [0.05, 0.1) is 11.0 Å². The van der Waals surface area contributed by atoms with E-state index in [0.29, 0.717) is 18.8 Å². The Kier molecular flexibility index (Phi) is 4.41. The lowest BCUT2D eigenvalue weighted by molar-refractivity contribution is 0.0572. The molecule has 2 rings (SSSR count). The Morgan fingerprint density at radius 3 is 2.63 bits per heavy atom. The molecule has 1 fully saturated rings. The average Bonchev–Trinajstić information content (AvgIpc) is 2.47. The topological polar surface area (TPSA) is 84.7 Å². The fraction of sp³-hybridized carbons (Fsp3) is 0.500. The van der Waals surface area contributed by atoms with Crippen LogP contribution in [0.15, 0.2) is 29.2 Å². The zero-order valence-corrected chi connectivity index (χ0v) is 11.7. The van der Waals surface area contributed by atoms with Gasteiger partial charge in [-0.15, -0.1) is 0 Å². The van der Waals surface area contributed by atoms with Gasteiger partial charge in [-0.05, 0) is 37.1 Å². The Balaban J connectivity index is 2.20. The summed E-state index contributed by atoms with van der Waals surface area (Å²) in [5.41, 5.74) is 3.15. The van der Waals surface area contributed by atoms with E-state index >= 15 is 0 Å². The van der Waals surface area contributed by atoms with Crippen molar-refractivity contribution in [3.8, 4) is 0 Å². The molecule has 1 aromatic rings. The Hall–Kier alpha value is -1.15. The molecular weight excluding hydrogens is 266 g/mol. The molecule has 106 valence electrons. The first-order valence-electron chi connectivity index (χ1n) is 6.17. The first kappa shape index (κ1) is 14.3. The minimum atomic E-state index is -3.45. The highest BCUT2D eigenvalue weighted by Crippen LogP contribution is 2.22. The van der Waals surface area contributed by atoms with Crippen LogP contribution in [0.4, 0.5) is 5.69 Å². The van der Waals surface area contributed by atoms with Gasteiger partial charge in [-0.2, -0.15) is 4.31 Å². The number of methoxy groups -OCH3 is 1. The molecule has 6 nitrogen and oxygen atoms in total. The van der Waals surface area contributed by atoms with Crippen LogP contribution in [-0.4, -0.2) is 39.0 Å². The second kappa shape index (κ2) is 5.87. The highest BCUT2D eigenvalue weighted by atomic mass is 32.2. The van der Waals surface area contributed by atoms with Gasteiger partial charge in [0.1, 0.15) is 0 Å². The molecule has 0 bridgehead atoms. The van der Waals surface area contributed by atoms with Crippen molar-refractivity contribution in [1.82, 2.24) is 4.31 Å². The van der Waals surface area contributed by atoms with Crippen molar-refractivity contribution in [3.63, 3.8) is 0 Å². The number of ether oxygens (including phenoxy) is 1. The average molecular weight is 285 g/mol. The van der Waals surface area contributed by atoms with Crippen molar-refractivity contribution >= 4 is 15.7 Å². The predicted octanol–water partition coefficient (Wildman–Crippen LogP) is 0.772. The fourth-order valence-corrected chi connectivity index (χ4v) is 3.70. The van der Waals surface area contributed by atoms with Gasteiger partial charge >= 0.3 is 0 Å². The summed E-state index contributed by atoms with van der Waals surface area (Å²) in [6, 6.07) is 6.40. The number of nitrogens with zero attached hydrogens (tertiary/aromatic N) is 1. The SMILES string of the molecule is COC1CCCN(S(=O)(=O)c2ccc(NN)cc2)C1. The Morgan fingerprint density at radius 1 is 1.37 bits per heavy atom. The largest absolute Gasteiger partial charge is 0.380 e. The van der Waals surface area contributed by atoms with E-state index in [1.54, 1.807) is 31.4 Å². The smallest absolute Gasteiger partial charge is 0.243 e. The van der Waals surface area contributed by atoms with Gasteiger partial charge in [-0.1, -0.05) is 0 Å². The third-order valence-corrected chi connectivity index (χ3v) is 5.21. The molecule has 19 heavy (non-hydrogen) atoms. The Labute approximate surface area is 113 Å². The summed E-state index contributed by atoms with van der Waals surface area (Å²) in [5, 5.41) is 0. The molecule has 0 amide bonds. The molecule has 0 aliphatic carbocycles. The number of anilines is 1. The van der Waals surface area contributed by atoms with Crippen LogP contribution < -0.4 is 11.3 Å². The van der Waals surface area contributed by atoms with Crippen molar-refractivity contribution in [2.45, 2.75) is 23.8 Å². The minimum Gasteiger partial charge on any atom is -0.380 e. The monoisotopic (exact) mass is 285 g/mol. The quantitative estimate of drug-likeness (QED) is 0.630. The number of nitrogens with two attached hydrogens (primary N) is 1. The van der Waals surface area contributed by atoms with Gasteiger partial charge < -0.3 is 10.2 Å². The lowest BCUT2D eigenvalue weighted by Crippen LogP contribution is -2.42. The standard InChI is InChI=1S/C12H19N3O3S/c1-18-11-3-2-8-15(9-11)19(16,17)12-6-4-10(14-13)5-7-12/h4-7,11,14H,2-3,8-9,13H2,1H3. The number of hydrogen-bond acceptors (Lipinski definition) is 5. The van der Waals surface area contributed by atoms with Crippen LogP contribution in [-0.2, 0) is 14.8 Å². The molecule has 1 aliphatic heterocycles. The van der Waals surface area contributed by atoms with Crippen molar-refractivity contribution in [3.05, 3.63) is 24.3 Å². The fourth-order valence-electron chi connectivity index (χ4n) is 2.19. The number of hydrogen-bond donors (Lipinski definition) is 2. The van der Waals surface area contributed by atoms with Gasteiger partial charge in [-0.3, -0.25) is 5.84 Å². The van der Waals surface area contributed by atoms with Crippen molar-refractivity contribution in [2.24, 2.45) is 5.84 Å². The minimum absolute atomic E-state index is 0.0199. The van der Waals surface area contributed by atoms with E-state index in [1.807, 2.05) is 0 Å². The van der Waals surface area contributed by atoms with E-state index in [9.17, 15) is 8.42 Å². The molecule has 1 aliphatic rings. The number of benzene rings is 1. The summed E-state index contributed by atoms with van der Waals surface area (Å²) < 4.78 is 31.7. The molecular formula is C12H19N3O3S. The molecule has 0 spiro atoms. The molecule has 1 unspecified atom stereocenters. The highest BCUT2D eigenvalue weighted by molar-refractivity contribution is 7.89. The van der Waals surface area contributed by atoms with Crippen LogP contribution >= 0.6 is 0 Å². The molecule has 0 aromatic heterocycles. The molecule has 7 heteroatoms. The van der Waals surface area contributed by atoms with Gasteiger partial charge in [0.2, 0.25) is 10.0 Å². The van der Waals surface area contributed by atoms with Crippen molar-refractivity contribution in [1.29, 1.82) is 0 Å². The summed E-state index contributed by atoms with van der Waals surface area (Å²) in [4.78, 5) is 0.281. The summed E-state index contributed by atoms with van der Waals surface area (Å²) in [7, 11) is -1.83. The lowest BCUT2D eigenvalue weighted by Gasteiger charge is -2.31. The van der Waals surface area contributed by atoms with Crippen LogP contribution in [0.3, 0.4) is 0 Å². The second-order valence-electron chi connectivity index (χ2n) is 4.53. The number of nitrogen functional groups attached to an aromatic ring is 1. The molecule has 1 aromatic carbocycles. The van der Waals surface area contributed by atoms with Crippen LogP contribution in [0.25, 0.3) is 0 Å². The van der Waals surface area contributed by atoms with Crippen LogP contribution in [0.2, 0.25) is 0 Å². The van der Waals surface area contributed by atoms with Gasteiger partial charge in [0, 0.05) is 25.9 Å². The van der Waals surface area contributed by atoms with Crippen LogP contribution in [0.5, 0.6) is 0 Å². The lowest BCUT2D eigenvalue weighted by atomic mass is 10.1. The summed E-state index contributed by atoms with van der Waals surface area (Å²) in [5.74, 6) is 5.26. The Morgan fingerprint density at radius 2 is 2.05 bits per heavy atom. The van der Waals surface area contributed by atoms with Gasteiger partial charge in [0.15, 0.2) is 0 Å². The summed E-state index contributed by atoms with van der Waals surface area (Å²) in [6.45, 7) is 0.953. The van der Waals surface area contributed by atoms with Crippen molar-refractivity contribution < 1.29 is 13.2 Å². The third kappa shape index (κ3) is 3.06. The van der Waals surface area contributed by atoms with Gasteiger partial charge in [-0.25, -0.2) is 8.42 Å². The normalized spacial score (nSPS) is 21.3. The maximum absolute atomic E-state index is 12.5. The first-order valence-corrected chi connectivity index (χ1v) is 7.61. The number of sulfonamides is 1. The molecule has 0 saturated carbocycles. The maximum Gasteiger partial charge on any atom is 0.243 e. The molecule has 1 heterocycles. The van der Waals surface area contributed by atoms with E-state index in [2.05, 4.69) is 5.43 Å². The van der Waals surface area contributed by atoms with Crippen LogP contribution in [0.1, 0.15) is 12.8 Å². The Bertz CT molecular complexity index is 516. The second-order valence-corrected chi connectivity index (χ2v) is 6.47. The van der Waals surface area contributed by atoms with Crippen molar-refractivity contribution in [2.75, 3.05) is 25.6 Å². The predicted molar refractivity (Wildman–Crippen MR) is 73.0 cm³/mol. The molecule has 1 atom stereocenters. The highest BCUT2D eigenvalue weighted by Gasteiger charge is 2.30. The third-order valence-electron chi connectivity index (χ3n) is 3.33. The van der Waals surface area contributed by atoms with E-state index in [-0.39, 0.29) is 11.0 Å². The number of rotatable bonds is 4. The number of piperidine rings is 1. The zero-order chi connectivity index (χ0) is 13.9. The van der Waals surface area contributed by atoms with E-state index in [0.717, 1.165) is 12.8 Å². The zero-order valence-electron chi connectivity index (χ0n) is 10.9. The summed E-state index contributed by atoms with van der Waals surface area (Å²) in [6.07, 6.45) is 1.70. The molecule has 3 N–H and O–H groups in total. The molecule has 1 saturated heterocycles. The van der Waals surface area contributed by atoms with E-state index < -0.39 is 10.0 Å². The first-order chi connectivity index (χ1) is 9.07. The van der Waals surface area contributed by atoms with E-state index in [4.69, 9.17) is 10.6 Å².